The van der Waals surface area contributed by atoms with Crippen LogP contribution in [0.1, 0.15) is 26.2 Å². The van der Waals surface area contributed by atoms with E-state index in [0.29, 0.717) is 22.1 Å². The van der Waals surface area contributed by atoms with Crippen molar-refractivity contribution in [1.29, 1.82) is 0 Å². The van der Waals surface area contributed by atoms with Gasteiger partial charge in [-0.3, -0.25) is 4.90 Å². The maximum Gasteiger partial charge on any atom is 0.183 e. The lowest BCUT2D eigenvalue weighted by Gasteiger charge is -2.41. The van der Waals surface area contributed by atoms with Crippen LogP contribution < -0.4 is 5.32 Å². The van der Waals surface area contributed by atoms with Crippen LogP contribution in [0.25, 0.3) is 22.4 Å². The van der Waals surface area contributed by atoms with Crippen LogP contribution in [0.2, 0.25) is 5.02 Å². The molecule has 1 aliphatic rings. The monoisotopic (exact) mass is 434 g/mol. The molecule has 0 bridgehead atoms. The topological polar surface area (TPSA) is 99.2 Å². The van der Waals surface area contributed by atoms with Gasteiger partial charge in [-0.05, 0) is 32.3 Å². The second-order valence-corrected chi connectivity index (χ2v) is 7.84. The summed E-state index contributed by atoms with van der Waals surface area (Å²) in [6.07, 6.45) is 5.76. The molecule has 4 rings (SSSR count). The highest BCUT2D eigenvalue weighted by atomic mass is 35.5. The lowest BCUT2D eigenvalue weighted by molar-refractivity contribution is -0.120. The van der Waals surface area contributed by atoms with Gasteiger partial charge in [-0.1, -0.05) is 11.6 Å². The molecule has 8 nitrogen and oxygen atoms in total. The van der Waals surface area contributed by atoms with Gasteiger partial charge >= 0.3 is 0 Å². The van der Waals surface area contributed by atoms with Gasteiger partial charge in [-0.2, -0.15) is 0 Å². The summed E-state index contributed by atoms with van der Waals surface area (Å²) < 4.78 is 20.1. The van der Waals surface area contributed by atoms with Gasteiger partial charge in [0, 0.05) is 37.0 Å². The standard InChI is InChI=1S/C20H24ClFN6O2/c1-11(29)20(30-2)28-6-4-3-5-16(28)26-19-15(22)10-25-18(27-19)14-9-24-17-13(14)7-12(21)8-23-17/h7-11,16,20,29H,3-6H2,1-2H3,(H,23,24)(H,25,26,27)/t11-,16?,20?/m0/s1. The minimum Gasteiger partial charge on any atom is -0.389 e. The van der Waals surface area contributed by atoms with Gasteiger partial charge in [0.15, 0.2) is 17.5 Å². The van der Waals surface area contributed by atoms with Gasteiger partial charge in [-0.25, -0.2) is 19.3 Å². The summed E-state index contributed by atoms with van der Waals surface area (Å²) in [5, 5.41) is 14.5. The van der Waals surface area contributed by atoms with Crippen molar-refractivity contribution in [3.8, 4) is 11.4 Å². The summed E-state index contributed by atoms with van der Waals surface area (Å²) in [6, 6.07) is 1.77. The fraction of sp³-hybridized carbons (Fsp3) is 0.450. The Morgan fingerprint density at radius 2 is 2.20 bits per heavy atom. The number of fused-ring (bicyclic) bond motifs is 1. The number of likely N-dealkylation sites (tertiary alicyclic amines) is 1. The molecular formula is C20H24ClFN6O2. The first kappa shape index (κ1) is 20.9. The third kappa shape index (κ3) is 4.11. The molecule has 2 unspecified atom stereocenters. The average Bonchev–Trinajstić information content (AvgIpc) is 3.14. The van der Waals surface area contributed by atoms with Gasteiger partial charge in [0.2, 0.25) is 0 Å². The van der Waals surface area contributed by atoms with Crippen molar-refractivity contribution in [3.05, 3.63) is 35.5 Å². The summed E-state index contributed by atoms with van der Waals surface area (Å²) in [4.78, 5) is 17.9. The number of anilines is 1. The van der Waals surface area contributed by atoms with Crippen LogP contribution >= 0.6 is 11.6 Å². The number of aromatic amines is 1. The fourth-order valence-electron chi connectivity index (χ4n) is 3.94. The highest BCUT2D eigenvalue weighted by Crippen LogP contribution is 2.29. The van der Waals surface area contributed by atoms with E-state index >= 15 is 0 Å². The van der Waals surface area contributed by atoms with Gasteiger partial charge < -0.3 is 20.1 Å². The predicted octanol–water partition coefficient (Wildman–Crippen LogP) is 3.39. The van der Waals surface area contributed by atoms with Crippen molar-refractivity contribution in [3.63, 3.8) is 0 Å². The van der Waals surface area contributed by atoms with Gasteiger partial charge in [-0.15, -0.1) is 0 Å². The van der Waals surface area contributed by atoms with Gasteiger partial charge in [0.05, 0.1) is 23.5 Å². The molecule has 30 heavy (non-hydrogen) atoms. The molecule has 1 saturated heterocycles. The van der Waals surface area contributed by atoms with E-state index in [0.717, 1.165) is 37.4 Å². The van der Waals surface area contributed by atoms with E-state index < -0.39 is 18.1 Å². The quantitative estimate of drug-likeness (QED) is 0.546. The summed E-state index contributed by atoms with van der Waals surface area (Å²) in [6.45, 7) is 2.41. The Labute approximate surface area is 178 Å². The van der Waals surface area contributed by atoms with Crippen LogP contribution in [0.5, 0.6) is 0 Å². The van der Waals surface area contributed by atoms with E-state index in [9.17, 15) is 9.50 Å². The maximum absolute atomic E-state index is 14.6. The zero-order chi connectivity index (χ0) is 21.3. The number of nitrogens with one attached hydrogen (secondary N) is 2. The number of halogens is 2. The summed E-state index contributed by atoms with van der Waals surface area (Å²) in [7, 11) is 1.56. The van der Waals surface area contributed by atoms with Crippen LogP contribution in [-0.4, -0.2) is 62.1 Å². The number of ether oxygens (including phenoxy) is 1. The molecule has 0 aromatic carbocycles. The highest BCUT2D eigenvalue weighted by molar-refractivity contribution is 6.31. The van der Waals surface area contributed by atoms with Crippen molar-refractivity contribution < 1.29 is 14.2 Å². The average molecular weight is 435 g/mol. The number of H-pyrrole nitrogens is 1. The zero-order valence-corrected chi connectivity index (χ0v) is 17.5. The Morgan fingerprint density at radius 1 is 1.37 bits per heavy atom. The van der Waals surface area contributed by atoms with Crippen molar-refractivity contribution in [2.45, 2.75) is 44.7 Å². The van der Waals surface area contributed by atoms with E-state index in [1.807, 2.05) is 4.90 Å². The number of methoxy groups -OCH3 is 1. The van der Waals surface area contributed by atoms with Crippen LogP contribution in [0.4, 0.5) is 10.2 Å². The van der Waals surface area contributed by atoms with Gasteiger partial charge in [0.1, 0.15) is 11.9 Å². The SMILES string of the molecule is COC([C@H](C)O)N1CCCCC1Nc1nc(-c2c[nH]c3ncc(Cl)cc23)ncc1F. The summed E-state index contributed by atoms with van der Waals surface area (Å²) >= 11 is 6.08. The molecule has 3 aromatic heterocycles. The number of piperidine rings is 1. The van der Waals surface area contributed by atoms with E-state index in [2.05, 4.69) is 25.3 Å². The third-order valence-electron chi connectivity index (χ3n) is 5.31. The van der Waals surface area contributed by atoms with E-state index in [4.69, 9.17) is 16.3 Å². The van der Waals surface area contributed by atoms with E-state index in [1.54, 1.807) is 32.5 Å². The summed E-state index contributed by atoms with van der Waals surface area (Å²) in [5.41, 5.74) is 1.33. The Balaban J connectivity index is 1.65. The van der Waals surface area contributed by atoms with Crippen molar-refractivity contribution in [1.82, 2.24) is 24.8 Å². The molecule has 3 aromatic rings. The van der Waals surface area contributed by atoms with Crippen molar-refractivity contribution >= 4 is 28.5 Å². The molecule has 1 aliphatic heterocycles. The smallest absolute Gasteiger partial charge is 0.183 e. The molecule has 0 aliphatic carbocycles. The van der Waals surface area contributed by atoms with Crippen LogP contribution in [-0.2, 0) is 4.74 Å². The molecule has 3 N–H and O–H groups in total. The molecule has 10 heteroatoms. The molecule has 0 saturated carbocycles. The second kappa shape index (κ2) is 8.81. The fourth-order valence-corrected chi connectivity index (χ4v) is 4.10. The second-order valence-electron chi connectivity index (χ2n) is 7.40. The van der Waals surface area contributed by atoms with Crippen LogP contribution in [0, 0.1) is 5.82 Å². The minimum absolute atomic E-state index is 0.0988. The third-order valence-corrected chi connectivity index (χ3v) is 5.52. The van der Waals surface area contributed by atoms with Crippen LogP contribution in [0.3, 0.4) is 0 Å². The minimum atomic E-state index is -0.688. The molecular weight excluding hydrogens is 411 g/mol. The number of hydrogen-bond acceptors (Lipinski definition) is 7. The lowest BCUT2D eigenvalue weighted by atomic mass is 10.1. The van der Waals surface area contributed by atoms with E-state index in [1.165, 1.54) is 0 Å². The largest absolute Gasteiger partial charge is 0.389 e. The first-order chi connectivity index (χ1) is 14.5. The molecule has 0 amide bonds. The number of nitrogens with zero attached hydrogens (tertiary/aromatic N) is 4. The molecule has 0 spiro atoms. The Morgan fingerprint density at radius 3 is 2.97 bits per heavy atom. The summed E-state index contributed by atoms with van der Waals surface area (Å²) in [5.74, 6) is -0.0941. The predicted molar refractivity (Wildman–Crippen MR) is 113 cm³/mol. The first-order valence-electron chi connectivity index (χ1n) is 9.86. The molecule has 160 valence electrons. The number of rotatable bonds is 6. The number of pyridine rings is 1. The normalized spacial score (nSPS) is 19.7. The Hall–Kier alpha value is -2.33. The number of aliphatic hydroxyl groups is 1. The number of hydrogen-bond donors (Lipinski definition) is 3. The molecule has 3 atom stereocenters. The highest BCUT2D eigenvalue weighted by Gasteiger charge is 2.32. The Bertz CT molecular complexity index is 1030. The number of aromatic nitrogens is 4. The number of aliphatic hydroxyl groups excluding tert-OH is 1. The van der Waals surface area contributed by atoms with E-state index in [-0.39, 0.29) is 12.0 Å². The molecule has 0 radical (unpaired) electrons. The maximum atomic E-state index is 14.6. The van der Waals surface area contributed by atoms with Gasteiger partial charge in [0.25, 0.3) is 0 Å². The first-order valence-corrected chi connectivity index (χ1v) is 10.2. The lowest BCUT2D eigenvalue weighted by Crippen LogP contribution is -2.54. The molecule has 4 heterocycles. The van der Waals surface area contributed by atoms with Crippen LogP contribution in [0.15, 0.2) is 24.7 Å². The molecule has 1 fully saturated rings. The van der Waals surface area contributed by atoms with Crippen molar-refractivity contribution in [2.24, 2.45) is 0 Å². The van der Waals surface area contributed by atoms with Crippen molar-refractivity contribution in [2.75, 3.05) is 19.0 Å². The zero-order valence-electron chi connectivity index (χ0n) is 16.8. The Kier molecular flexibility index (Phi) is 6.14.